The number of nitrogens with zero attached hydrogens (tertiary/aromatic N) is 2. The minimum Gasteiger partial charge on any atom is -0.467 e. The maximum Gasteiger partial charge on any atom is 0.415 e. The maximum atomic E-state index is 12.3. The van der Waals surface area contributed by atoms with Crippen LogP contribution in [0.25, 0.3) is 0 Å². The summed E-state index contributed by atoms with van der Waals surface area (Å²) in [6.45, 7) is -0.651. The molecule has 20 heavy (non-hydrogen) atoms. The molecule has 2 rings (SSSR count). The Morgan fingerprint density at radius 1 is 1.50 bits per heavy atom. The van der Waals surface area contributed by atoms with E-state index in [-0.39, 0.29) is 0 Å². The van der Waals surface area contributed by atoms with Crippen molar-refractivity contribution in [1.29, 1.82) is 0 Å². The van der Waals surface area contributed by atoms with E-state index in [2.05, 4.69) is 10.3 Å². The summed E-state index contributed by atoms with van der Waals surface area (Å²) in [4.78, 5) is 4.09. The molecule has 2 aromatic heterocycles. The number of aliphatic hydroxyl groups is 1. The monoisotopic (exact) mass is 289 g/mol. The Labute approximate surface area is 113 Å². The van der Waals surface area contributed by atoms with Crippen molar-refractivity contribution in [2.45, 2.75) is 18.3 Å². The number of aliphatic hydroxyl groups excluding tert-OH is 1. The average Bonchev–Trinajstić information content (AvgIpc) is 3.01. The molecular weight excluding hydrogens is 275 g/mol. The Kier molecular flexibility index (Phi) is 4.15. The highest BCUT2D eigenvalue weighted by molar-refractivity contribution is 5.15. The van der Waals surface area contributed by atoms with E-state index in [1.165, 1.54) is 12.5 Å². The third-order valence-corrected chi connectivity index (χ3v) is 2.84. The lowest BCUT2D eigenvalue weighted by molar-refractivity contribution is -0.202. The van der Waals surface area contributed by atoms with E-state index in [4.69, 9.17) is 9.52 Å². The van der Waals surface area contributed by atoms with Crippen LogP contribution in [-0.2, 0) is 7.05 Å². The molecule has 0 aromatic carbocycles. The van der Waals surface area contributed by atoms with E-state index in [9.17, 15) is 13.2 Å². The molecule has 0 aliphatic heterocycles. The summed E-state index contributed by atoms with van der Waals surface area (Å²) in [7, 11) is 1.72. The summed E-state index contributed by atoms with van der Waals surface area (Å²) in [5.41, 5.74) is 0. The number of furan rings is 1. The van der Waals surface area contributed by atoms with E-state index in [1.54, 1.807) is 29.9 Å². The topological polar surface area (TPSA) is 63.2 Å². The van der Waals surface area contributed by atoms with Crippen molar-refractivity contribution in [2.24, 2.45) is 7.05 Å². The lowest BCUT2D eigenvalue weighted by Gasteiger charge is -2.20. The second-order valence-corrected chi connectivity index (χ2v) is 4.31. The smallest absolute Gasteiger partial charge is 0.415 e. The molecule has 2 aromatic rings. The molecule has 110 valence electrons. The Morgan fingerprint density at radius 3 is 2.75 bits per heavy atom. The molecule has 0 bridgehead atoms. The lowest BCUT2D eigenvalue weighted by atomic mass is 10.2. The second kappa shape index (κ2) is 5.68. The fraction of sp³-hybridized carbons (Fsp3) is 0.417. The zero-order valence-corrected chi connectivity index (χ0v) is 10.6. The van der Waals surface area contributed by atoms with Gasteiger partial charge in [-0.25, -0.2) is 4.98 Å². The number of aromatic nitrogens is 2. The molecule has 2 N–H and O–H groups in total. The first-order valence-electron chi connectivity index (χ1n) is 5.88. The number of rotatable bonds is 5. The SMILES string of the molecule is Cn1ccnc1C(NCC(O)C(F)(F)F)c1ccco1. The van der Waals surface area contributed by atoms with Crippen molar-refractivity contribution in [3.8, 4) is 0 Å². The van der Waals surface area contributed by atoms with Crippen molar-refractivity contribution in [3.63, 3.8) is 0 Å². The fourth-order valence-corrected chi connectivity index (χ4v) is 1.78. The number of aryl methyl sites for hydroxylation is 1. The quantitative estimate of drug-likeness (QED) is 0.878. The molecule has 0 radical (unpaired) electrons. The van der Waals surface area contributed by atoms with E-state index in [0.29, 0.717) is 11.6 Å². The Morgan fingerprint density at radius 2 is 2.25 bits per heavy atom. The van der Waals surface area contributed by atoms with Gasteiger partial charge in [0.2, 0.25) is 0 Å². The van der Waals surface area contributed by atoms with Crippen LogP contribution in [0.2, 0.25) is 0 Å². The van der Waals surface area contributed by atoms with Crippen molar-refractivity contribution in [3.05, 3.63) is 42.4 Å². The third-order valence-electron chi connectivity index (χ3n) is 2.84. The molecule has 0 saturated carbocycles. The highest BCUT2D eigenvalue weighted by Gasteiger charge is 2.38. The van der Waals surface area contributed by atoms with Gasteiger partial charge in [0.25, 0.3) is 0 Å². The van der Waals surface area contributed by atoms with Crippen LogP contribution in [0.4, 0.5) is 13.2 Å². The number of alkyl halides is 3. The van der Waals surface area contributed by atoms with E-state index in [1.807, 2.05) is 0 Å². The van der Waals surface area contributed by atoms with Gasteiger partial charge in [0.1, 0.15) is 17.6 Å². The van der Waals surface area contributed by atoms with Gasteiger partial charge in [-0.1, -0.05) is 0 Å². The number of hydrogen-bond acceptors (Lipinski definition) is 4. The Bertz CT molecular complexity index is 536. The first-order valence-corrected chi connectivity index (χ1v) is 5.88. The van der Waals surface area contributed by atoms with Crippen LogP contribution in [0.15, 0.2) is 35.2 Å². The molecule has 2 unspecified atom stereocenters. The normalized spacial score (nSPS) is 15.2. The lowest BCUT2D eigenvalue weighted by Crippen LogP contribution is -2.40. The number of hydrogen-bond donors (Lipinski definition) is 2. The van der Waals surface area contributed by atoms with Crippen molar-refractivity contribution in [2.75, 3.05) is 6.54 Å². The molecule has 2 heterocycles. The van der Waals surface area contributed by atoms with Gasteiger partial charge in [-0.15, -0.1) is 0 Å². The van der Waals surface area contributed by atoms with Gasteiger partial charge in [-0.05, 0) is 12.1 Å². The van der Waals surface area contributed by atoms with Gasteiger partial charge in [-0.2, -0.15) is 13.2 Å². The summed E-state index contributed by atoms with van der Waals surface area (Å²) in [6, 6.07) is 2.60. The molecule has 0 aliphatic rings. The molecule has 2 atom stereocenters. The molecule has 0 amide bonds. The standard InChI is InChI=1S/C12H14F3N3O2/c1-18-5-4-16-11(18)10(8-3-2-6-20-8)17-7-9(19)12(13,14)15/h2-6,9-10,17,19H,7H2,1H3. The van der Waals surface area contributed by atoms with Gasteiger partial charge in [0.05, 0.1) is 6.26 Å². The largest absolute Gasteiger partial charge is 0.467 e. The van der Waals surface area contributed by atoms with Crippen LogP contribution < -0.4 is 5.32 Å². The Hall–Kier alpha value is -1.80. The van der Waals surface area contributed by atoms with Gasteiger partial charge >= 0.3 is 6.18 Å². The van der Waals surface area contributed by atoms with Crippen LogP contribution >= 0.6 is 0 Å². The van der Waals surface area contributed by atoms with Crippen LogP contribution in [-0.4, -0.2) is 33.5 Å². The molecule has 0 fully saturated rings. The molecular formula is C12H14F3N3O2. The van der Waals surface area contributed by atoms with Crippen molar-refractivity contribution >= 4 is 0 Å². The predicted octanol–water partition coefficient (Wildman–Crippen LogP) is 1.62. The highest BCUT2D eigenvalue weighted by atomic mass is 19.4. The van der Waals surface area contributed by atoms with Crippen molar-refractivity contribution < 1.29 is 22.7 Å². The third kappa shape index (κ3) is 3.20. The first kappa shape index (κ1) is 14.6. The minimum absolute atomic E-state index is 0.425. The molecule has 0 aliphatic carbocycles. The predicted molar refractivity (Wildman–Crippen MR) is 63.8 cm³/mol. The maximum absolute atomic E-state index is 12.3. The van der Waals surface area contributed by atoms with Gasteiger partial charge in [0, 0.05) is 26.0 Å². The summed E-state index contributed by atoms with van der Waals surface area (Å²) in [5.74, 6) is 0.919. The fourth-order valence-electron chi connectivity index (χ4n) is 1.78. The zero-order chi connectivity index (χ0) is 14.8. The molecule has 8 heteroatoms. The summed E-state index contributed by atoms with van der Waals surface area (Å²) >= 11 is 0. The number of nitrogens with one attached hydrogen (secondary N) is 1. The first-order chi connectivity index (χ1) is 9.39. The van der Waals surface area contributed by atoms with E-state index >= 15 is 0 Å². The molecule has 5 nitrogen and oxygen atoms in total. The summed E-state index contributed by atoms with van der Waals surface area (Å²) in [5, 5.41) is 11.7. The van der Waals surface area contributed by atoms with Gasteiger partial charge in [-0.3, -0.25) is 5.32 Å². The zero-order valence-electron chi connectivity index (χ0n) is 10.6. The Balaban J connectivity index is 2.15. The minimum atomic E-state index is -4.66. The highest BCUT2D eigenvalue weighted by Crippen LogP contribution is 2.23. The summed E-state index contributed by atoms with van der Waals surface area (Å²) in [6.07, 6.45) is -2.48. The van der Waals surface area contributed by atoms with Crippen LogP contribution in [0.5, 0.6) is 0 Å². The van der Waals surface area contributed by atoms with Crippen LogP contribution in [0, 0.1) is 0 Å². The van der Waals surface area contributed by atoms with E-state index in [0.717, 1.165) is 0 Å². The average molecular weight is 289 g/mol. The van der Waals surface area contributed by atoms with Gasteiger partial charge in [0.15, 0.2) is 6.10 Å². The molecule has 0 spiro atoms. The number of halogens is 3. The summed E-state index contributed by atoms with van der Waals surface area (Å²) < 4.78 is 43.9. The van der Waals surface area contributed by atoms with Crippen molar-refractivity contribution in [1.82, 2.24) is 14.9 Å². The van der Waals surface area contributed by atoms with Gasteiger partial charge < -0.3 is 14.1 Å². The van der Waals surface area contributed by atoms with E-state index < -0.39 is 24.9 Å². The molecule has 0 saturated heterocycles. The number of imidazole rings is 1. The van der Waals surface area contributed by atoms with Crippen LogP contribution in [0.3, 0.4) is 0 Å². The second-order valence-electron chi connectivity index (χ2n) is 4.31. The van der Waals surface area contributed by atoms with Crippen LogP contribution in [0.1, 0.15) is 17.6 Å².